The lowest BCUT2D eigenvalue weighted by Gasteiger charge is -2.39. The molecule has 3 aromatic heterocycles. The summed E-state index contributed by atoms with van der Waals surface area (Å²) in [4.78, 5) is 41.5. The molecule has 3 N–H and O–H groups in total. The van der Waals surface area contributed by atoms with Crippen LogP contribution in [0.3, 0.4) is 0 Å². The fourth-order valence-electron chi connectivity index (χ4n) is 6.29. The summed E-state index contributed by atoms with van der Waals surface area (Å²) in [5.74, 6) is -1.30. The Kier molecular flexibility index (Phi) is 8.17. The maximum Gasteiger partial charge on any atom is 0.519 e. The Hall–Kier alpha value is -4.42. The summed E-state index contributed by atoms with van der Waals surface area (Å²) in [6.45, 7) is 2.73. The molecule has 2 fully saturated rings. The number of carbonyl (C=O) groups is 2. The molecule has 1 unspecified atom stereocenters. The van der Waals surface area contributed by atoms with E-state index in [1.807, 2.05) is 6.07 Å². The number of nitriles is 1. The molecular formula is C28H33N5O10. The van der Waals surface area contributed by atoms with Crippen molar-refractivity contribution in [2.75, 3.05) is 12.8 Å². The average molecular weight is 600 g/mol. The molecule has 0 spiro atoms. The molecule has 0 radical (unpaired) electrons. The van der Waals surface area contributed by atoms with Crippen LogP contribution in [0.1, 0.15) is 62.7 Å². The number of esters is 1. The van der Waals surface area contributed by atoms with Crippen molar-refractivity contribution in [3.05, 3.63) is 46.3 Å². The number of hydrogen-bond acceptors (Lipinski definition) is 14. The van der Waals surface area contributed by atoms with Crippen molar-refractivity contribution in [3.63, 3.8) is 0 Å². The second kappa shape index (κ2) is 11.7. The number of hydrogen-bond donors (Lipinski definition) is 2. The number of carbonyl (C=O) groups excluding carboxylic acids is 2. The minimum atomic E-state index is -2.10. The summed E-state index contributed by atoms with van der Waals surface area (Å²) >= 11 is 0. The van der Waals surface area contributed by atoms with Gasteiger partial charge < -0.3 is 38.6 Å². The number of aryl methyl sites for hydroxylation is 1. The molecule has 4 heterocycles. The highest BCUT2D eigenvalue weighted by Gasteiger charge is 2.62. The predicted octanol–water partition coefficient (Wildman–Crippen LogP) is 2.52. The smallest absolute Gasteiger partial charge is 0.469 e. The Morgan fingerprint density at radius 1 is 1.28 bits per heavy atom. The molecule has 43 heavy (non-hydrogen) atoms. The summed E-state index contributed by atoms with van der Waals surface area (Å²) in [6, 6.07) is 5.12. The molecule has 5 atom stereocenters. The lowest BCUT2D eigenvalue weighted by molar-refractivity contribution is -0.161. The number of aromatic nitrogens is 3. The van der Waals surface area contributed by atoms with Crippen LogP contribution in [-0.4, -0.2) is 57.3 Å². The van der Waals surface area contributed by atoms with Gasteiger partial charge in [0.25, 0.3) is 0 Å². The quantitative estimate of drug-likeness (QED) is 0.356. The first-order valence-electron chi connectivity index (χ1n) is 13.9. The van der Waals surface area contributed by atoms with Crippen molar-refractivity contribution in [1.82, 2.24) is 14.6 Å². The Balaban J connectivity index is 1.50. The van der Waals surface area contributed by atoms with Crippen LogP contribution >= 0.6 is 0 Å². The van der Waals surface area contributed by atoms with Gasteiger partial charge in [0.15, 0.2) is 30.0 Å². The van der Waals surface area contributed by atoms with Gasteiger partial charge in [-0.05, 0) is 51.2 Å². The van der Waals surface area contributed by atoms with Crippen LogP contribution < -0.4 is 11.6 Å². The highest BCUT2D eigenvalue weighted by molar-refractivity contribution is 5.77. The number of ether oxygens (including phenoxy) is 4. The van der Waals surface area contributed by atoms with E-state index in [4.69, 9.17) is 33.5 Å². The summed E-state index contributed by atoms with van der Waals surface area (Å²) < 4.78 is 33.2. The van der Waals surface area contributed by atoms with E-state index in [0.29, 0.717) is 5.52 Å². The SMILES string of the molecule is COC(=O)C(C)(C[C@H]1O[C@@](C#N)(c2ccc3c(N)ncnn23)[C@H](O)[C@@H]1OC(=O)OCc1oc(=O)oc1C)C1CCCCC1. The van der Waals surface area contributed by atoms with Crippen molar-refractivity contribution >= 4 is 23.5 Å². The summed E-state index contributed by atoms with van der Waals surface area (Å²) in [6.07, 6.45) is -0.0312. The van der Waals surface area contributed by atoms with Crippen molar-refractivity contribution in [2.45, 2.75) is 82.9 Å². The van der Waals surface area contributed by atoms with Gasteiger partial charge in [0.1, 0.15) is 30.1 Å². The molecule has 0 amide bonds. The average Bonchev–Trinajstić information content (AvgIpc) is 3.66. The summed E-state index contributed by atoms with van der Waals surface area (Å²) in [7, 11) is 1.30. The lowest BCUT2D eigenvalue weighted by Crippen LogP contribution is -2.45. The lowest BCUT2D eigenvalue weighted by atomic mass is 9.66. The van der Waals surface area contributed by atoms with Gasteiger partial charge in [-0.1, -0.05) is 19.3 Å². The molecule has 1 saturated heterocycles. The highest BCUT2D eigenvalue weighted by Crippen LogP contribution is 2.49. The van der Waals surface area contributed by atoms with E-state index in [2.05, 4.69) is 10.1 Å². The Morgan fingerprint density at radius 3 is 2.67 bits per heavy atom. The minimum Gasteiger partial charge on any atom is -0.469 e. The minimum absolute atomic E-state index is 0.0272. The van der Waals surface area contributed by atoms with Crippen LogP contribution in [0.25, 0.3) is 5.52 Å². The third kappa shape index (κ3) is 5.32. The topological polar surface area (TPSA) is 215 Å². The molecule has 2 aliphatic rings. The number of rotatable bonds is 8. The van der Waals surface area contributed by atoms with Crippen LogP contribution in [-0.2, 0) is 35.9 Å². The van der Waals surface area contributed by atoms with Crippen LogP contribution in [0.15, 0.2) is 32.1 Å². The number of aliphatic hydroxyl groups is 1. The van der Waals surface area contributed by atoms with Crippen molar-refractivity contribution in [2.24, 2.45) is 11.3 Å². The van der Waals surface area contributed by atoms with Crippen molar-refractivity contribution in [1.29, 1.82) is 5.26 Å². The van der Waals surface area contributed by atoms with Crippen LogP contribution in [0.5, 0.6) is 0 Å². The Bertz CT molecular complexity index is 1600. The standard InChI is InChI=1S/C28H33N5O10/c1-15-19(41-26(37)40-15)12-39-25(36)42-21-18(11-27(2,24(35)38-3)16-7-5-4-6-8-16)43-28(13-29,22(21)34)20-10-9-17-23(30)31-14-32-33(17)20/h9-10,14,16,18,21-22,34H,4-8,11-12H2,1-3H3,(H2,30,31,32)/t18-,21-,22-,27?,28+/m1/s1. The molecule has 1 aliphatic carbocycles. The number of methoxy groups -OCH3 is 1. The highest BCUT2D eigenvalue weighted by atomic mass is 16.7. The maximum atomic E-state index is 13.3. The normalized spacial score (nSPS) is 25.6. The second-order valence-electron chi connectivity index (χ2n) is 11.1. The van der Waals surface area contributed by atoms with Gasteiger partial charge in [0, 0.05) is 0 Å². The zero-order valence-electron chi connectivity index (χ0n) is 24.0. The van der Waals surface area contributed by atoms with Gasteiger partial charge in [0.05, 0.1) is 18.2 Å². The van der Waals surface area contributed by atoms with Gasteiger partial charge in [0.2, 0.25) is 5.60 Å². The number of nitrogens with zero attached hydrogens (tertiary/aromatic N) is 4. The monoisotopic (exact) mass is 599 g/mol. The van der Waals surface area contributed by atoms with Gasteiger partial charge in [-0.3, -0.25) is 4.79 Å². The van der Waals surface area contributed by atoms with Crippen molar-refractivity contribution < 1.29 is 42.5 Å². The zero-order chi connectivity index (χ0) is 30.9. The molecule has 230 valence electrons. The summed E-state index contributed by atoms with van der Waals surface area (Å²) in [5.41, 5.74) is 3.27. The first-order chi connectivity index (χ1) is 20.5. The van der Waals surface area contributed by atoms with Gasteiger partial charge in [-0.25, -0.2) is 19.1 Å². The molecule has 5 rings (SSSR count). The summed E-state index contributed by atoms with van der Waals surface area (Å²) in [5, 5.41) is 26.4. The zero-order valence-corrected chi connectivity index (χ0v) is 24.0. The van der Waals surface area contributed by atoms with E-state index in [9.17, 15) is 24.8 Å². The van der Waals surface area contributed by atoms with Crippen LogP contribution in [0, 0.1) is 29.6 Å². The predicted molar refractivity (Wildman–Crippen MR) is 144 cm³/mol. The first kappa shape index (κ1) is 30.1. The molecule has 0 aromatic carbocycles. The number of nitrogens with two attached hydrogens (primary N) is 1. The maximum absolute atomic E-state index is 13.3. The fraction of sp³-hybridized carbons (Fsp3) is 0.571. The largest absolute Gasteiger partial charge is 0.519 e. The molecule has 0 bridgehead atoms. The molecule has 3 aromatic rings. The van der Waals surface area contributed by atoms with Gasteiger partial charge >= 0.3 is 17.9 Å². The van der Waals surface area contributed by atoms with Crippen LogP contribution in [0.4, 0.5) is 10.6 Å². The molecule has 15 nitrogen and oxygen atoms in total. The molecule has 1 saturated carbocycles. The first-order valence-corrected chi connectivity index (χ1v) is 13.9. The molecule has 1 aliphatic heterocycles. The van der Waals surface area contributed by atoms with E-state index >= 15 is 0 Å². The van der Waals surface area contributed by atoms with Gasteiger partial charge in [-0.2, -0.15) is 10.4 Å². The van der Waals surface area contributed by atoms with Gasteiger partial charge in [-0.15, -0.1) is 0 Å². The number of nitrogen functional groups attached to an aromatic ring is 1. The number of anilines is 1. The third-order valence-electron chi connectivity index (χ3n) is 8.63. The molecule has 15 heteroatoms. The van der Waals surface area contributed by atoms with E-state index in [0.717, 1.165) is 32.1 Å². The number of aliphatic hydroxyl groups excluding tert-OH is 1. The fourth-order valence-corrected chi connectivity index (χ4v) is 6.29. The Morgan fingerprint density at radius 2 is 2.02 bits per heavy atom. The second-order valence-corrected chi connectivity index (χ2v) is 11.1. The van der Waals surface area contributed by atoms with Crippen molar-refractivity contribution in [3.8, 4) is 6.07 Å². The third-order valence-corrected chi connectivity index (χ3v) is 8.63. The molecular weight excluding hydrogens is 566 g/mol. The van der Waals surface area contributed by atoms with Crippen LogP contribution in [0.2, 0.25) is 0 Å². The van der Waals surface area contributed by atoms with E-state index in [1.54, 1.807) is 13.0 Å². The van der Waals surface area contributed by atoms with E-state index in [1.165, 1.54) is 30.9 Å². The number of fused-ring (bicyclic) bond motifs is 1. The Labute approximate surface area is 245 Å². The van der Waals surface area contributed by atoms with E-state index < -0.39 is 53.9 Å². The van der Waals surface area contributed by atoms with E-state index in [-0.39, 0.29) is 35.4 Å².